The number of urea groups is 1. The lowest BCUT2D eigenvalue weighted by Gasteiger charge is -2.05. The Morgan fingerprint density at radius 1 is 1.08 bits per heavy atom. The number of hydrogen-bond acceptors (Lipinski definition) is 6. The van der Waals surface area contributed by atoms with Crippen LogP contribution in [0.2, 0.25) is 0 Å². The predicted octanol–water partition coefficient (Wildman–Crippen LogP) is 2.37. The Labute approximate surface area is 142 Å². The van der Waals surface area contributed by atoms with Gasteiger partial charge in [-0.2, -0.15) is 10.5 Å². The fourth-order valence-corrected chi connectivity index (χ4v) is 1.73. The lowest BCUT2D eigenvalue weighted by Crippen LogP contribution is -2.42. The number of unbranched alkanes of at least 4 members (excludes halogenated alkanes) is 6. The Hall–Kier alpha value is -2.61. The van der Waals surface area contributed by atoms with Crippen molar-refractivity contribution in [2.24, 2.45) is 5.16 Å². The van der Waals surface area contributed by atoms with Crippen molar-refractivity contribution < 1.29 is 14.4 Å². The fraction of sp³-hybridized carbons (Fsp3) is 0.688. The van der Waals surface area contributed by atoms with Gasteiger partial charge in [0.1, 0.15) is 12.7 Å². The number of hydrogen-bond donors (Lipinski definition) is 2. The number of nitrogens with one attached hydrogen (secondary N) is 2. The minimum absolute atomic E-state index is 0.327. The fourth-order valence-electron chi connectivity index (χ4n) is 1.73. The summed E-state index contributed by atoms with van der Waals surface area (Å²) >= 11 is 0. The van der Waals surface area contributed by atoms with Crippen LogP contribution in [0.5, 0.6) is 0 Å². The summed E-state index contributed by atoms with van der Waals surface area (Å²) in [6.45, 7) is 2.80. The van der Waals surface area contributed by atoms with Crippen LogP contribution in [0, 0.1) is 22.7 Å². The number of rotatable bonds is 12. The molecule has 0 saturated carbocycles. The van der Waals surface area contributed by atoms with E-state index in [9.17, 15) is 9.59 Å². The van der Waals surface area contributed by atoms with Crippen molar-refractivity contribution in [3.8, 4) is 12.1 Å². The summed E-state index contributed by atoms with van der Waals surface area (Å²) in [6, 6.07) is 2.96. The molecule has 0 aromatic carbocycles. The van der Waals surface area contributed by atoms with E-state index in [4.69, 9.17) is 15.4 Å². The van der Waals surface area contributed by atoms with E-state index >= 15 is 0 Å². The molecule has 0 atom stereocenters. The van der Waals surface area contributed by atoms with Crippen LogP contribution in [0.25, 0.3) is 0 Å². The minimum Gasteiger partial charge on any atom is -0.395 e. The highest BCUT2D eigenvalue weighted by molar-refractivity contribution is 6.46. The van der Waals surface area contributed by atoms with Gasteiger partial charge in [0.15, 0.2) is 0 Å². The molecule has 0 fully saturated rings. The molecule has 0 rings (SSSR count). The van der Waals surface area contributed by atoms with Gasteiger partial charge in [-0.1, -0.05) is 31.3 Å². The van der Waals surface area contributed by atoms with Crippen molar-refractivity contribution in [1.82, 2.24) is 10.6 Å². The zero-order valence-electron chi connectivity index (χ0n) is 14.1. The third-order valence-electron chi connectivity index (χ3n) is 3.04. The number of oxime groups is 1. The van der Waals surface area contributed by atoms with Crippen molar-refractivity contribution in [1.29, 1.82) is 10.5 Å². The third kappa shape index (κ3) is 12.0. The van der Waals surface area contributed by atoms with Crippen LogP contribution < -0.4 is 10.6 Å². The first-order valence-electron chi connectivity index (χ1n) is 8.21. The molecule has 8 nitrogen and oxygen atoms in total. The smallest absolute Gasteiger partial charge is 0.321 e. The third-order valence-corrected chi connectivity index (χ3v) is 3.04. The lowest BCUT2D eigenvalue weighted by atomic mass is 10.2. The molecule has 0 bridgehead atoms. The highest BCUT2D eigenvalue weighted by Gasteiger charge is 2.15. The summed E-state index contributed by atoms with van der Waals surface area (Å²) in [5.41, 5.74) is -0.491. The molecule has 0 aliphatic rings. The van der Waals surface area contributed by atoms with Crippen molar-refractivity contribution in [2.75, 3.05) is 13.2 Å². The maximum atomic E-state index is 11.7. The Kier molecular flexibility index (Phi) is 13.6. The number of amides is 3. The molecule has 0 aromatic heterocycles. The zero-order chi connectivity index (χ0) is 18.0. The van der Waals surface area contributed by atoms with Crippen molar-refractivity contribution >= 4 is 17.6 Å². The first kappa shape index (κ1) is 21.4. The Morgan fingerprint density at radius 2 is 1.83 bits per heavy atom. The Morgan fingerprint density at radius 3 is 2.50 bits per heavy atom. The maximum Gasteiger partial charge on any atom is 0.321 e. The average Bonchev–Trinajstić information content (AvgIpc) is 2.57. The van der Waals surface area contributed by atoms with Crippen LogP contribution in [-0.2, 0) is 9.63 Å². The van der Waals surface area contributed by atoms with E-state index in [1.165, 1.54) is 0 Å². The van der Waals surface area contributed by atoms with Crippen molar-refractivity contribution in [2.45, 2.75) is 58.3 Å². The lowest BCUT2D eigenvalue weighted by molar-refractivity contribution is -0.113. The van der Waals surface area contributed by atoms with Gasteiger partial charge in [0, 0.05) is 13.0 Å². The van der Waals surface area contributed by atoms with E-state index in [1.807, 2.05) is 11.4 Å². The second-order valence-corrected chi connectivity index (χ2v) is 5.12. The van der Waals surface area contributed by atoms with Gasteiger partial charge in [-0.05, 0) is 25.7 Å². The van der Waals surface area contributed by atoms with Crippen LogP contribution in [0.1, 0.15) is 58.3 Å². The predicted molar refractivity (Wildman–Crippen MR) is 88.8 cm³/mol. The second-order valence-electron chi connectivity index (χ2n) is 5.12. The molecule has 0 aliphatic heterocycles. The summed E-state index contributed by atoms with van der Waals surface area (Å²) in [5.74, 6) is -0.895. The summed E-state index contributed by atoms with van der Waals surface area (Å²) < 4.78 is 0. The average molecular weight is 335 g/mol. The minimum atomic E-state index is -0.895. The Bertz CT molecular complexity index is 491. The molecule has 0 unspecified atom stereocenters. The molecule has 0 heterocycles. The van der Waals surface area contributed by atoms with Crippen molar-refractivity contribution in [3.05, 3.63) is 0 Å². The molecule has 3 amide bonds. The van der Waals surface area contributed by atoms with Crippen LogP contribution in [0.3, 0.4) is 0 Å². The van der Waals surface area contributed by atoms with Crippen LogP contribution in [0.15, 0.2) is 5.16 Å². The molecular formula is C16H25N5O3. The summed E-state index contributed by atoms with van der Waals surface area (Å²) in [4.78, 5) is 28.1. The largest absolute Gasteiger partial charge is 0.395 e. The quantitative estimate of drug-likeness (QED) is 0.321. The van der Waals surface area contributed by atoms with Gasteiger partial charge >= 0.3 is 6.03 Å². The van der Waals surface area contributed by atoms with E-state index in [0.717, 1.165) is 38.5 Å². The summed E-state index contributed by atoms with van der Waals surface area (Å²) in [7, 11) is 0. The maximum absolute atomic E-state index is 11.7. The van der Waals surface area contributed by atoms with Crippen LogP contribution in [0.4, 0.5) is 4.79 Å². The van der Waals surface area contributed by atoms with Crippen molar-refractivity contribution in [3.63, 3.8) is 0 Å². The zero-order valence-corrected chi connectivity index (χ0v) is 14.1. The number of nitrogens with zero attached hydrogens (tertiary/aromatic N) is 3. The molecule has 0 saturated heterocycles. The number of nitriles is 2. The molecule has 8 heteroatoms. The second kappa shape index (κ2) is 15.3. The monoisotopic (exact) mass is 335 g/mol. The molecule has 132 valence electrons. The van der Waals surface area contributed by atoms with Gasteiger partial charge < -0.3 is 10.2 Å². The van der Waals surface area contributed by atoms with Crippen LogP contribution >= 0.6 is 0 Å². The highest BCUT2D eigenvalue weighted by Crippen LogP contribution is 1.99. The van der Waals surface area contributed by atoms with Gasteiger partial charge in [0.2, 0.25) is 5.71 Å². The number of carbonyl (C=O) groups is 2. The first-order chi connectivity index (χ1) is 11.7. The normalized spacial score (nSPS) is 10.4. The topological polar surface area (TPSA) is 127 Å². The molecule has 0 aliphatic carbocycles. The van der Waals surface area contributed by atoms with Gasteiger partial charge in [-0.15, -0.1) is 0 Å². The van der Waals surface area contributed by atoms with E-state index in [2.05, 4.69) is 17.4 Å². The van der Waals surface area contributed by atoms with Gasteiger partial charge in [-0.25, -0.2) is 4.79 Å². The molecular weight excluding hydrogens is 310 g/mol. The Balaban J connectivity index is 3.97. The first-order valence-corrected chi connectivity index (χ1v) is 8.21. The molecule has 0 aromatic rings. The van der Waals surface area contributed by atoms with E-state index < -0.39 is 17.6 Å². The highest BCUT2D eigenvalue weighted by atomic mass is 16.6. The number of imide groups is 1. The summed E-state index contributed by atoms with van der Waals surface area (Å²) in [5, 5.41) is 25.2. The van der Waals surface area contributed by atoms with E-state index in [0.29, 0.717) is 26.0 Å². The SMILES string of the molecule is CCCCCCON=C(C#N)C(=O)NC(=O)NCCCCCC#N. The molecule has 2 N–H and O–H groups in total. The molecule has 0 radical (unpaired) electrons. The van der Waals surface area contributed by atoms with Gasteiger partial charge in [-0.3, -0.25) is 10.1 Å². The van der Waals surface area contributed by atoms with Gasteiger partial charge in [0.25, 0.3) is 5.91 Å². The standard InChI is InChI=1S/C16H25N5O3/c1-2-3-4-9-12-24-21-14(13-18)15(22)20-16(23)19-11-8-6-5-7-10-17/h2-9,11-12H2,1H3,(H2,19,20,22,23). The molecule has 24 heavy (non-hydrogen) atoms. The number of carbonyl (C=O) groups excluding carboxylic acids is 2. The van der Waals surface area contributed by atoms with Crippen LogP contribution in [-0.4, -0.2) is 30.8 Å². The summed E-state index contributed by atoms with van der Waals surface area (Å²) in [6.07, 6.45) is 6.78. The van der Waals surface area contributed by atoms with E-state index in [-0.39, 0.29) is 0 Å². The molecule has 0 spiro atoms. The van der Waals surface area contributed by atoms with Gasteiger partial charge in [0.05, 0.1) is 6.07 Å². The van der Waals surface area contributed by atoms with E-state index in [1.54, 1.807) is 6.07 Å².